The molecule has 3 aromatic heterocycles. The van der Waals surface area contributed by atoms with E-state index in [1.54, 1.807) is 6.92 Å². The summed E-state index contributed by atoms with van der Waals surface area (Å²) >= 11 is 0.802. The van der Waals surface area contributed by atoms with Crippen molar-refractivity contribution in [2.75, 3.05) is 10.6 Å². The van der Waals surface area contributed by atoms with Crippen LogP contribution in [0.25, 0.3) is 10.3 Å². The number of thiophene rings is 1. The Balaban J connectivity index is 1.49. The number of pyridine rings is 1. The van der Waals surface area contributed by atoms with Gasteiger partial charge >= 0.3 is 6.18 Å². The van der Waals surface area contributed by atoms with Gasteiger partial charge in [0.1, 0.15) is 27.7 Å². The molecule has 1 aromatic carbocycles. The zero-order valence-electron chi connectivity index (χ0n) is 17.7. The lowest BCUT2D eigenvalue weighted by molar-refractivity contribution is -0.141. The molecule has 4 rings (SSSR count). The zero-order chi connectivity index (χ0) is 25.3. The van der Waals surface area contributed by atoms with Crippen LogP contribution in [0.3, 0.4) is 0 Å². The van der Waals surface area contributed by atoms with Crippen molar-refractivity contribution in [3.8, 4) is 0 Å². The summed E-state index contributed by atoms with van der Waals surface area (Å²) < 4.78 is 78.2. The molecule has 13 heteroatoms. The van der Waals surface area contributed by atoms with Crippen LogP contribution in [0.15, 0.2) is 48.8 Å². The van der Waals surface area contributed by atoms with Gasteiger partial charge in [-0.15, -0.1) is 11.3 Å². The van der Waals surface area contributed by atoms with Gasteiger partial charge in [-0.2, -0.15) is 13.2 Å². The van der Waals surface area contributed by atoms with Crippen molar-refractivity contribution in [1.29, 1.82) is 0 Å². The number of aromatic nitrogens is 3. The topological polar surface area (TPSA) is 79.8 Å². The fourth-order valence-electron chi connectivity index (χ4n) is 3.16. The zero-order valence-corrected chi connectivity index (χ0v) is 18.5. The van der Waals surface area contributed by atoms with Crippen LogP contribution in [0, 0.1) is 5.82 Å². The Morgan fingerprint density at radius 3 is 2.49 bits per heavy atom. The van der Waals surface area contributed by atoms with E-state index in [1.165, 1.54) is 24.4 Å². The highest BCUT2D eigenvalue weighted by Gasteiger charge is 2.32. The van der Waals surface area contributed by atoms with Crippen molar-refractivity contribution < 1.29 is 31.1 Å². The molecule has 0 radical (unpaired) electrons. The second-order valence-electron chi connectivity index (χ2n) is 7.38. The third kappa shape index (κ3) is 5.50. The minimum absolute atomic E-state index is 0.113. The molecule has 0 bridgehead atoms. The molecular formula is C22H15F6N5OS. The number of carbonyl (C=O) groups excluding carboxylic acids is 1. The van der Waals surface area contributed by atoms with E-state index in [2.05, 4.69) is 25.6 Å². The molecule has 1 atom stereocenters. The van der Waals surface area contributed by atoms with Gasteiger partial charge in [0.05, 0.1) is 22.7 Å². The largest absolute Gasteiger partial charge is 0.433 e. The number of hydrogen-bond donors (Lipinski definition) is 2. The maximum Gasteiger partial charge on any atom is 0.433 e. The molecule has 2 N–H and O–H groups in total. The Morgan fingerprint density at radius 1 is 1.06 bits per heavy atom. The molecule has 1 amide bonds. The molecule has 0 saturated heterocycles. The van der Waals surface area contributed by atoms with Crippen molar-refractivity contribution in [3.05, 3.63) is 76.3 Å². The van der Waals surface area contributed by atoms with Crippen LogP contribution in [-0.2, 0) is 6.18 Å². The van der Waals surface area contributed by atoms with Crippen molar-refractivity contribution in [2.45, 2.75) is 25.6 Å². The molecule has 0 aliphatic rings. The number of benzene rings is 1. The maximum absolute atomic E-state index is 14.5. The van der Waals surface area contributed by atoms with Gasteiger partial charge in [0.15, 0.2) is 0 Å². The summed E-state index contributed by atoms with van der Waals surface area (Å²) in [6.07, 6.45) is -5.14. The highest BCUT2D eigenvalue weighted by Crippen LogP contribution is 2.32. The average molecular weight is 511 g/mol. The summed E-state index contributed by atoms with van der Waals surface area (Å²) in [7, 11) is 0. The first-order chi connectivity index (χ1) is 16.5. The van der Waals surface area contributed by atoms with Crippen LogP contribution >= 0.6 is 11.3 Å². The lowest BCUT2D eigenvalue weighted by Crippen LogP contribution is -2.15. The molecule has 0 unspecified atom stereocenters. The lowest BCUT2D eigenvalue weighted by atomic mass is 10.1. The summed E-state index contributed by atoms with van der Waals surface area (Å²) in [5.74, 6) is -1.09. The number of anilines is 2. The summed E-state index contributed by atoms with van der Waals surface area (Å²) in [5.41, 5.74) is -0.585. The van der Waals surface area contributed by atoms with E-state index in [4.69, 9.17) is 0 Å². The quantitative estimate of drug-likeness (QED) is 0.285. The van der Waals surface area contributed by atoms with Crippen LogP contribution in [0.4, 0.5) is 37.8 Å². The average Bonchev–Trinajstić information content (AvgIpc) is 3.23. The number of halogens is 6. The SMILES string of the molecule is C[C@H](Nc1cnc2cc(C(F)F)sc2n1)c1cc(NC(=O)c2ccc(C(F)(F)F)nc2)ccc1F. The maximum atomic E-state index is 14.5. The normalized spacial score (nSPS) is 12.7. The van der Waals surface area contributed by atoms with E-state index >= 15 is 0 Å². The Morgan fingerprint density at radius 2 is 1.83 bits per heavy atom. The number of nitrogens with zero attached hydrogens (tertiary/aromatic N) is 3. The van der Waals surface area contributed by atoms with E-state index in [0.29, 0.717) is 16.4 Å². The molecule has 0 aliphatic carbocycles. The minimum atomic E-state index is -4.63. The smallest absolute Gasteiger partial charge is 0.362 e. The van der Waals surface area contributed by atoms with Crippen LogP contribution in [0.5, 0.6) is 0 Å². The molecule has 0 fully saturated rings. The van der Waals surface area contributed by atoms with Gasteiger partial charge in [-0.1, -0.05) is 0 Å². The molecule has 0 saturated carbocycles. The van der Waals surface area contributed by atoms with Gasteiger partial charge in [-0.25, -0.2) is 23.1 Å². The van der Waals surface area contributed by atoms with Crippen LogP contribution in [0.2, 0.25) is 0 Å². The highest BCUT2D eigenvalue weighted by atomic mass is 32.1. The van der Waals surface area contributed by atoms with Gasteiger partial charge < -0.3 is 10.6 Å². The first-order valence-corrected chi connectivity index (χ1v) is 10.8. The second-order valence-corrected chi connectivity index (χ2v) is 8.44. The monoisotopic (exact) mass is 511 g/mol. The van der Waals surface area contributed by atoms with Gasteiger partial charge in [0, 0.05) is 17.4 Å². The lowest BCUT2D eigenvalue weighted by Gasteiger charge is -2.17. The number of carbonyl (C=O) groups is 1. The molecule has 4 aromatic rings. The number of hydrogen-bond acceptors (Lipinski definition) is 6. The summed E-state index contributed by atoms with van der Waals surface area (Å²) in [6, 6.07) is 6.03. The highest BCUT2D eigenvalue weighted by molar-refractivity contribution is 7.18. The molecule has 3 heterocycles. The first kappa shape index (κ1) is 24.4. The van der Waals surface area contributed by atoms with Gasteiger partial charge in [0.25, 0.3) is 12.3 Å². The minimum Gasteiger partial charge on any atom is -0.362 e. The third-order valence-corrected chi connectivity index (χ3v) is 5.90. The van der Waals surface area contributed by atoms with Gasteiger partial charge in [-0.05, 0) is 43.3 Å². The van der Waals surface area contributed by atoms with E-state index in [-0.39, 0.29) is 27.5 Å². The molecule has 0 aliphatic heterocycles. The van der Waals surface area contributed by atoms with Crippen LogP contribution in [-0.4, -0.2) is 20.9 Å². The Bertz CT molecular complexity index is 1370. The molecular weight excluding hydrogens is 496 g/mol. The fraction of sp³-hybridized carbons (Fsp3) is 0.182. The van der Waals surface area contributed by atoms with Gasteiger partial charge in [0.2, 0.25) is 0 Å². The van der Waals surface area contributed by atoms with E-state index in [0.717, 1.165) is 29.7 Å². The van der Waals surface area contributed by atoms with Crippen LogP contribution < -0.4 is 10.6 Å². The third-order valence-electron chi connectivity index (χ3n) is 4.88. The molecule has 35 heavy (non-hydrogen) atoms. The van der Waals surface area contributed by atoms with Crippen LogP contribution in [0.1, 0.15) is 45.9 Å². The Labute approximate surface area is 198 Å². The van der Waals surface area contributed by atoms with Crippen molar-refractivity contribution in [1.82, 2.24) is 15.0 Å². The summed E-state index contributed by atoms with van der Waals surface area (Å²) in [4.78, 5) is 24.1. The molecule has 6 nitrogen and oxygen atoms in total. The number of nitrogens with one attached hydrogen (secondary N) is 2. The predicted octanol–water partition coefficient (Wildman–Crippen LogP) is 6.61. The molecule has 182 valence electrons. The number of amides is 1. The standard InChI is InChI=1S/C22H15F6N5OS/c1-10(31-18-9-29-15-7-16(19(24)25)35-21(15)33-18)13-6-12(3-4-14(13)23)32-20(34)11-2-5-17(30-8-11)22(26,27)28/h2-10,19H,1H3,(H,31,33)(H,32,34)/t10-/m0/s1. The first-order valence-electron chi connectivity index (χ1n) is 9.96. The predicted molar refractivity (Wildman–Crippen MR) is 118 cm³/mol. The van der Waals surface area contributed by atoms with Crippen molar-refractivity contribution >= 4 is 39.1 Å². The van der Waals surface area contributed by atoms with E-state index < -0.39 is 36.1 Å². The van der Waals surface area contributed by atoms with E-state index in [9.17, 15) is 31.1 Å². The Hall–Kier alpha value is -3.74. The van der Waals surface area contributed by atoms with E-state index in [1.807, 2.05) is 0 Å². The summed E-state index contributed by atoms with van der Waals surface area (Å²) in [6.45, 7) is 1.62. The fourth-order valence-corrected chi connectivity index (χ4v) is 4.00. The number of alkyl halides is 5. The molecule has 0 spiro atoms. The number of fused-ring (bicyclic) bond motifs is 1. The summed E-state index contributed by atoms with van der Waals surface area (Å²) in [5, 5.41) is 5.43. The van der Waals surface area contributed by atoms with Gasteiger partial charge in [-0.3, -0.25) is 9.78 Å². The van der Waals surface area contributed by atoms with Crippen molar-refractivity contribution in [3.63, 3.8) is 0 Å². The number of rotatable bonds is 6. The van der Waals surface area contributed by atoms with Crippen molar-refractivity contribution in [2.24, 2.45) is 0 Å². The Kier molecular flexibility index (Phi) is 6.61. The second kappa shape index (κ2) is 9.49.